The maximum absolute atomic E-state index is 9.50. The van der Waals surface area contributed by atoms with Crippen LogP contribution in [0.2, 0.25) is 5.15 Å². The van der Waals surface area contributed by atoms with E-state index in [9.17, 15) is 5.11 Å². The van der Waals surface area contributed by atoms with Crippen LogP contribution in [0, 0.1) is 3.57 Å². The van der Waals surface area contributed by atoms with Crippen LogP contribution in [0.15, 0.2) is 24.4 Å². The third kappa shape index (κ3) is 1.58. The van der Waals surface area contributed by atoms with Gasteiger partial charge in [-0.25, -0.2) is 4.98 Å². The molecule has 66 valence electrons. The van der Waals surface area contributed by atoms with Crippen molar-refractivity contribution < 1.29 is 5.11 Å². The summed E-state index contributed by atoms with van der Waals surface area (Å²) in [5.41, 5.74) is 0. The van der Waals surface area contributed by atoms with Gasteiger partial charge in [-0.3, -0.25) is 0 Å². The largest absolute Gasteiger partial charge is 0.506 e. The predicted molar refractivity (Wildman–Crippen MR) is 61.1 cm³/mol. The lowest BCUT2D eigenvalue weighted by atomic mass is 10.2. The van der Waals surface area contributed by atoms with Crippen molar-refractivity contribution in [1.82, 2.24) is 4.98 Å². The molecule has 0 spiro atoms. The first kappa shape index (κ1) is 9.02. The van der Waals surface area contributed by atoms with Gasteiger partial charge >= 0.3 is 0 Å². The Labute approximate surface area is 93.7 Å². The Morgan fingerprint density at radius 1 is 1.31 bits per heavy atom. The third-order valence-corrected chi connectivity index (χ3v) is 2.75. The van der Waals surface area contributed by atoms with E-state index in [1.165, 1.54) is 6.20 Å². The fourth-order valence-corrected chi connectivity index (χ4v) is 1.87. The zero-order valence-corrected chi connectivity index (χ0v) is 9.37. The van der Waals surface area contributed by atoms with E-state index < -0.39 is 0 Å². The van der Waals surface area contributed by atoms with Crippen LogP contribution in [-0.2, 0) is 0 Å². The number of rotatable bonds is 0. The second kappa shape index (κ2) is 3.31. The minimum absolute atomic E-state index is 0.165. The number of aromatic hydroxyl groups is 1. The highest BCUT2D eigenvalue weighted by Gasteiger charge is 2.04. The fraction of sp³-hybridized carbons (Fsp3) is 0. The second-order valence-corrected chi connectivity index (χ2v) is 4.23. The normalized spacial score (nSPS) is 10.6. The minimum Gasteiger partial charge on any atom is -0.506 e. The molecule has 0 aliphatic rings. The molecule has 0 saturated heterocycles. The molecule has 0 atom stereocenters. The van der Waals surface area contributed by atoms with Crippen molar-refractivity contribution in [3.05, 3.63) is 33.1 Å². The summed E-state index contributed by atoms with van der Waals surface area (Å²) in [4.78, 5) is 3.85. The van der Waals surface area contributed by atoms with E-state index in [2.05, 4.69) is 27.6 Å². The first-order valence-corrected chi connectivity index (χ1v) is 5.07. The van der Waals surface area contributed by atoms with Crippen molar-refractivity contribution in [2.24, 2.45) is 0 Å². The Bertz CT molecular complexity index is 472. The molecule has 1 heterocycles. The molecule has 4 heteroatoms. The lowest BCUT2D eigenvalue weighted by Crippen LogP contribution is -1.81. The smallest absolute Gasteiger partial charge is 0.141 e. The van der Waals surface area contributed by atoms with Crippen LogP contribution >= 0.6 is 34.2 Å². The van der Waals surface area contributed by atoms with Crippen LogP contribution < -0.4 is 0 Å². The number of aromatic nitrogens is 1. The van der Waals surface area contributed by atoms with E-state index in [4.69, 9.17) is 11.6 Å². The summed E-state index contributed by atoms with van der Waals surface area (Å²) in [5.74, 6) is 0.165. The maximum atomic E-state index is 9.50. The molecule has 2 nitrogen and oxygen atoms in total. The topological polar surface area (TPSA) is 33.1 Å². The van der Waals surface area contributed by atoms with Crippen LogP contribution in [0.3, 0.4) is 0 Å². The number of hydrogen-bond acceptors (Lipinski definition) is 2. The molecule has 0 aliphatic carbocycles. The quantitative estimate of drug-likeness (QED) is 0.599. The van der Waals surface area contributed by atoms with Crippen molar-refractivity contribution in [3.63, 3.8) is 0 Å². The average molecular weight is 306 g/mol. The zero-order chi connectivity index (χ0) is 9.42. The van der Waals surface area contributed by atoms with Gasteiger partial charge in [0.2, 0.25) is 0 Å². The molecule has 0 fully saturated rings. The van der Waals surface area contributed by atoms with Crippen molar-refractivity contribution in [1.29, 1.82) is 0 Å². The van der Waals surface area contributed by atoms with E-state index in [-0.39, 0.29) is 5.75 Å². The summed E-state index contributed by atoms with van der Waals surface area (Å²) in [5, 5.41) is 11.4. The number of fused-ring (bicyclic) bond motifs is 1. The average Bonchev–Trinajstić information content (AvgIpc) is 2.12. The van der Waals surface area contributed by atoms with Crippen LogP contribution in [0.4, 0.5) is 0 Å². The molecular weight excluding hydrogens is 300 g/mol. The summed E-state index contributed by atoms with van der Waals surface area (Å²) < 4.78 is 1.06. The number of nitrogens with zero attached hydrogens (tertiary/aromatic N) is 1. The molecule has 1 N–H and O–H groups in total. The van der Waals surface area contributed by atoms with Gasteiger partial charge in [0.15, 0.2) is 0 Å². The van der Waals surface area contributed by atoms with Gasteiger partial charge in [-0.2, -0.15) is 0 Å². The number of pyridine rings is 1. The molecule has 0 radical (unpaired) electrons. The molecule has 0 amide bonds. The van der Waals surface area contributed by atoms with Crippen LogP contribution in [0.25, 0.3) is 10.8 Å². The summed E-state index contributed by atoms with van der Waals surface area (Å²) in [6.45, 7) is 0. The van der Waals surface area contributed by atoms with Gasteiger partial charge in [-0.05, 0) is 34.7 Å². The van der Waals surface area contributed by atoms with Crippen LogP contribution in [-0.4, -0.2) is 10.1 Å². The fourth-order valence-electron chi connectivity index (χ4n) is 1.17. The van der Waals surface area contributed by atoms with Crippen molar-refractivity contribution in [3.8, 4) is 5.75 Å². The van der Waals surface area contributed by atoms with Gasteiger partial charge in [-0.1, -0.05) is 17.7 Å². The van der Waals surface area contributed by atoms with Crippen molar-refractivity contribution in [2.75, 3.05) is 0 Å². The SMILES string of the molecule is Oc1cnc(Cl)c2ccc(I)cc12. The van der Waals surface area contributed by atoms with E-state index >= 15 is 0 Å². The molecule has 0 aliphatic heterocycles. The van der Waals surface area contributed by atoms with Gasteiger partial charge in [0.25, 0.3) is 0 Å². The molecule has 2 rings (SSSR count). The van der Waals surface area contributed by atoms with Gasteiger partial charge in [0.05, 0.1) is 6.20 Å². The van der Waals surface area contributed by atoms with E-state index in [1.807, 2.05) is 18.2 Å². The molecule has 1 aromatic heterocycles. The summed E-state index contributed by atoms with van der Waals surface area (Å²) in [7, 11) is 0. The Morgan fingerprint density at radius 3 is 2.85 bits per heavy atom. The lowest BCUT2D eigenvalue weighted by molar-refractivity contribution is 0.479. The van der Waals surface area contributed by atoms with Crippen molar-refractivity contribution in [2.45, 2.75) is 0 Å². The van der Waals surface area contributed by atoms with Crippen molar-refractivity contribution >= 4 is 45.0 Å². The number of halogens is 2. The Morgan fingerprint density at radius 2 is 2.08 bits per heavy atom. The summed E-state index contributed by atoms with van der Waals surface area (Å²) in [6.07, 6.45) is 1.36. The van der Waals surface area contributed by atoms with E-state index in [0.717, 1.165) is 14.3 Å². The van der Waals surface area contributed by atoms with E-state index in [0.29, 0.717) is 5.15 Å². The molecule has 1 aromatic carbocycles. The third-order valence-electron chi connectivity index (χ3n) is 1.78. The highest BCUT2D eigenvalue weighted by molar-refractivity contribution is 14.1. The molecule has 13 heavy (non-hydrogen) atoms. The van der Waals surface area contributed by atoms with Crippen LogP contribution in [0.1, 0.15) is 0 Å². The monoisotopic (exact) mass is 305 g/mol. The number of benzene rings is 1. The Kier molecular flexibility index (Phi) is 2.29. The standard InChI is InChI=1S/C9H5ClINO/c10-9-6-2-1-5(11)3-7(6)8(13)4-12-9/h1-4,13H. The summed E-state index contributed by atoms with van der Waals surface area (Å²) in [6, 6.07) is 5.65. The highest BCUT2D eigenvalue weighted by atomic mass is 127. The van der Waals surface area contributed by atoms with Gasteiger partial charge in [-0.15, -0.1) is 0 Å². The molecule has 2 aromatic rings. The Balaban J connectivity index is 2.92. The second-order valence-electron chi connectivity index (χ2n) is 2.62. The summed E-state index contributed by atoms with van der Waals surface area (Å²) >= 11 is 8.04. The molecular formula is C9H5ClINO. The minimum atomic E-state index is 0.165. The van der Waals surface area contributed by atoms with Crippen LogP contribution in [0.5, 0.6) is 5.75 Å². The van der Waals surface area contributed by atoms with Gasteiger partial charge in [0.1, 0.15) is 10.9 Å². The number of hydrogen-bond donors (Lipinski definition) is 1. The van der Waals surface area contributed by atoms with E-state index in [1.54, 1.807) is 0 Å². The first-order chi connectivity index (χ1) is 6.18. The highest BCUT2D eigenvalue weighted by Crippen LogP contribution is 2.29. The molecule has 0 saturated carbocycles. The first-order valence-electron chi connectivity index (χ1n) is 3.61. The maximum Gasteiger partial charge on any atom is 0.141 e. The Hall–Kier alpha value is -0.550. The van der Waals surface area contributed by atoms with Gasteiger partial charge in [0, 0.05) is 14.3 Å². The van der Waals surface area contributed by atoms with Gasteiger partial charge < -0.3 is 5.11 Å². The molecule has 0 bridgehead atoms. The zero-order valence-electron chi connectivity index (χ0n) is 6.46. The lowest BCUT2D eigenvalue weighted by Gasteiger charge is -2.02. The predicted octanol–water partition coefficient (Wildman–Crippen LogP) is 3.20. The molecule has 0 unspecified atom stereocenters.